The summed E-state index contributed by atoms with van der Waals surface area (Å²) >= 11 is 0. The molecule has 1 aliphatic rings. The molecular weight excluding hydrogens is 202 g/mol. The van der Waals surface area contributed by atoms with Crippen LogP contribution in [0.25, 0.3) is 0 Å². The van der Waals surface area contributed by atoms with E-state index in [1.54, 1.807) is 0 Å². The third kappa shape index (κ3) is 2.83. The summed E-state index contributed by atoms with van der Waals surface area (Å²) in [7, 11) is 0. The number of aliphatic hydroxyl groups excluding tert-OH is 1. The Kier molecular flexibility index (Phi) is 3.96. The molecule has 1 fully saturated rings. The van der Waals surface area contributed by atoms with Crippen LogP contribution >= 0.6 is 0 Å². The van der Waals surface area contributed by atoms with Crippen molar-refractivity contribution >= 4 is 0 Å². The van der Waals surface area contributed by atoms with E-state index in [0.29, 0.717) is 6.04 Å². The van der Waals surface area contributed by atoms with Crippen LogP contribution in [-0.2, 0) is 6.54 Å². The van der Waals surface area contributed by atoms with E-state index in [1.807, 2.05) is 6.92 Å². The molecule has 1 unspecified atom stereocenters. The zero-order chi connectivity index (χ0) is 11.4. The number of nitrogens with zero attached hydrogens (tertiary/aromatic N) is 2. The molecule has 1 aliphatic carbocycles. The topological polar surface area (TPSA) is 50.1 Å². The second-order valence-electron chi connectivity index (χ2n) is 4.69. The summed E-state index contributed by atoms with van der Waals surface area (Å²) in [5.41, 5.74) is 1.06. The summed E-state index contributed by atoms with van der Waals surface area (Å²) in [6.07, 6.45) is 7.28. The Balaban J connectivity index is 1.86. The first-order chi connectivity index (χ1) is 7.79. The van der Waals surface area contributed by atoms with Crippen molar-refractivity contribution in [3.63, 3.8) is 0 Å². The van der Waals surface area contributed by atoms with Gasteiger partial charge < -0.3 is 10.4 Å². The Bertz CT molecular complexity index is 318. The summed E-state index contributed by atoms with van der Waals surface area (Å²) in [6.45, 7) is 2.87. The fourth-order valence-electron chi connectivity index (χ4n) is 2.19. The van der Waals surface area contributed by atoms with Gasteiger partial charge in [-0.2, -0.15) is 5.10 Å². The van der Waals surface area contributed by atoms with Crippen LogP contribution in [0.4, 0.5) is 0 Å². The van der Waals surface area contributed by atoms with Gasteiger partial charge >= 0.3 is 0 Å². The molecule has 0 amide bonds. The Hall–Kier alpha value is -0.870. The van der Waals surface area contributed by atoms with Crippen LogP contribution in [0.15, 0.2) is 12.3 Å². The van der Waals surface area contributed by atoms with Crippen molar-refractivity contribution in [1.29, 1.82) is 0 Å². The van der Waals surface area contributed by atoms with E-state index in [2.05, 4.69) is 27.4 Å². The van der Waals surface area contributed by atoms with Crippen molar-refractivity contribution in [3.8, 4) is 0 Å². The number of aromatic nitrogens is 2. The fraction of sp³-hybridized carbons (Fsp3) is 0.750. The summed E-state index contributed by atoms with van der Waals surface area (Å²) in [5.74, 6) is 0. The molecule has 0 radical (unpaired) electrons. The zero-order valence-electron chi connectivity index (χ0n) is 9.89. The Morgan fingerprint density at radius 2 is 2.31 bits per heavy atom. The molecule has 1 atom stereocenters. The maximum atomic E-state index is 8.90. The normalized spacial score (nSPS) is 19.1. The van der Waals surface area contributed by atoms with E-state index >= 15 is 0 Å². The molecule has 2 rings (SSSR count). The zero-order valence-corrected chi connectivity index (χ0v) is 9.89. The third-order valence-electron chi connectivity index (χ3n) is 3.27. The van der Waals surface area contributed by atoms with Crippen molar-refractivity contribution in [2.45, 2.75) is 51.2 Å². The van der Waals surface area contributed by atoms with E-state index < -0.39 is 0 Å². The van der Waals surface area contributed by atoms with Crippen molar-refractivity contribution in [2.24, 2.45) is 0 Å². The second kappa shape index (κ2) is 5.46. The Labute approximate surface area is 96.7 Å². The second-order valence-corrected chi connectivity index (χ2v) is 4.69. The van der Waals surface area contributed by atoms with E-state index in [4.69, 9.17) is 5.11 Å². The SMILES string of the molecule is CC(CO)NCc1ccn(C2CCCC2)n1. The molecule has 4 heteroatoms. The van der Waals surface area contributed by atoms with Gasteiger partial charge in [0, 0.05) is 18.8 Å². The molecule has 0 spiro atoms. The van der Waals surface area contributed by atoms with Crippen molar-refractivity contribution in [1.82, 2.24) is 15.1 Å². The van der Waals surface area contributed by atoms with Crippen LogP contribution < -0.4 is 5.32 Å². The van der Waals surface area contributed by atoms with Crippen molar-refractivity contribution in [3.05, 3.63) is 18.0 Å². The molecule has 90 valence electrons. The minimum atomic E-state index is 0.136. The van der Waals surface area contributed by atoms with E-state index in [-0.39, 0.29) is 12.6 Å². The number of rotatable bonds is 5. The number of hydrogen-bond acceptors (Lipinski definition) is 3. The lowest BCUT2D eigenvalue weighted by atomic mass is 10.3. The summed E-state index contributed by atoms with van der Waals surface area (Å²) < 4.78 is 2.10. The van der Waals surface area contributed by atoms with Crippen LogP contribution in [0.5, 0.6) is 0 Å². The van der Waals surface area contributed by atoms with Crippen molar-refractivity contribution < 1.29 is 5.11 Å². The largest absolute Gasteiger partial charge is 0.395 e. The van der Waals surface area contributed by atoms with Gasteiger partial charge in [-0.05, 0) is 25.8 Å². The standard InChI is InChI=1S/C12H21N3O/c1-10(9-16)13-8-11-6-7-15(14-11)12-4-2-3-5-12/h6-7,10,12-13,16H,2-5,8-9H2,1H3. The predicted octanol–water partition coefficient (Wildman–Crippen LogP) is 1.47. The first kappa shape index (κ1) is 11.6. The van der Waals surface area contributed by atoms with Crippen LogP contribution in [0, 0.1) is 0 Å². The molecule has 0 saturated heterocycles. The van der Waals surface area contributed by atoms with Gasteiger partial charge in [0.1, 0.15) is 0 Å². The van der Waals surface area contributed by atoms with Crippen LogP contribution in [0.1, 0.15) is 44.3 Å². The molecule has 4 nitrogen and oxygen atoms in total. The molecule has 0 aromatic carbocycles. The maximum absolute atomic E-state index is 8.90. The Morgan fingerprint density at radius 1 is 1.56 bits per heavy atom. The van der Waals surface area contributed by atoms with Crippen LogP contribution in [0.3, 0.4) is 0 Å². The lowest BCUT2D eigenvalue weighted by molar-refractivity contribution is 0.250. The molecular formula is C12H21N3O. The van der Waals surface area contributed by atoms with Gasteiger partial charge in [-0.3, -0.25) is 4.68 Å². The Morgan fingerprint density at radius 3 is 3.00 bits per heavy atom. The molecule has 1 aromatic heterocycles. The summed E-state index contributed by atoms with van der Waals surface area (Å²) in [6, 6.07) is 2.82. The smallest absolute Gasteiger partial charge is 0.0762 e. The highest BCUT2D eigenvalue weighted by molar-refractivity contribution is 5.00. The van der Waals surface area contributed by atoms with Crippen molar-refractivity contribution in [2.75, 3.05) is 6.61 Å². The van der Waals surface area contributed by atoms with Gasteiger partial charge in [0.25, 0.3) is 0 Å². The highest BCUT2D eigenvalue weighted by Gasteiger charge is 2.17. The lowest BCUT2D eigenvalue weighted by Gasteiger charge is -2.10. The minimum absolute atomic E-state index is 0.136. The van der Waals surface area contributed by atoms with E-state index in [1.165, 1.54) is 25.7 Å². The van der Waals surface area contributed by atoms with Gasteiger partial charge in [0.05, 0.1) is 18.3 Å². The highest BCUT2D eigenvalue weighted by Crippen LogP contribution is 2.28. The quantitative estimate of drug-likeness (QED) is 0.794. The molecule has 1 saturated carbocycles. The number of aliphatic hydroxyl groups is 1. The van der Waals surface area contributed by atoms with Crippen LogP contribution in [-0.4, -0.2) is 27.5 Å². The van der Waals surface area contributed by atoms with Gasteiger partial charge in [0.15, 0.2) is 0 Å². The average molecular weight is 223 g/mol. The molecule has 0 aliphatic heterocycles. The first-order valence-electron chi connectivity index (χ1n) is 6.18. The summed E-state index contributed by atoms with van der Waals surface area (Å²) in [5, 5.41) is 16.7. The molecule has 16 heavy (non-hydrogen) atoms. The van der Waals surface area contributed by atoms with E-state index in [9.17, 15) is 0 Å². The minimum Gasteiger partial charge on any atom is -0.395 e. The van der Waals surface area contributed by atoms with Gasteiger partial charge in [-0.15, -0.1) is 0 Å². The first-order valence-corrected chi connectivity index (χ1v) is 6.18. The van der Waals surface area contributed by atoms with Gasteiger partial charge in [-0.25, -0.2) is 0 Å². The monoisotopic (exact) mass is 223 g/mol. The number of hydrogen-bond donors (Lipinski definition) is 2. The summed E-state index contributed by atoms with van der Waals surface area (Å²) in [4.78, 5) is 0. The molecule has 0 bridgehead atoms. The van der Waals surface area contributed by atoms with Crippen LogP contribution in [0.2, 0.25) is 0 Å². The molecule has 1 aromatic rings. The highest BCUT2D eigenvalue weighted by atomic mass is 16.3. The third-order valence-corrected chi connectivity index (χ3v) is 3.27. The van der Waals surface area contributed by atoms with Gasteiger partial charge in [-0.1, -0.05) is 12.8 Å². The fourth-order valence-corrected chi connectivity index (χ4v) is 2.19. The lowest BCUT2D eigenvalue weighted by Crippen LogP contribution is -2.28. The molecule has 2 N–H and O–H groups in total. The predicted molar refractivity (Wildman–Crippen MR) is 63.1 cm³/mol. The van der Waals surface area contributed by atoms with E-state index in [0.717, 1.165) is 12.2 Å². The average Bonchev–Trinajstić information content (AvgIpc) is 2.95. The maximum Gasteiger partial charge on any atom is 0.0762 e. The number of nitrogens with one attached hydrogen (secondary N) is 1. The van der Waals surface area contributed by atoms with Gasteiger partial charge in [0.2, 0.25) is 0 Å². The molecule has 1 heterocycles.